The Kier molecular flexibility index (Phi) is 5.94. The molecule has 0 aliphatic heterocycles. The highest BCUT2D eigenvalue weighted by Crippen LogP contribution is 1.93. The van der Waals surface area contributed by atoms with Gasteiger partial charge in [0, 0.05) is 6.54 Å². The van der Waals surface area contributed by atoms with Crippen molar-refractivity contribution in [1.82, 2.24) is 5.43 Å². The summed E-state index contributed by atoms with van der Waals surface area (Å²) in [6, 6.07) is -0.564. The zero-order valence-electron chi connectivity index (χ0n) is 6.86. The van der Waals surface area contributed by atoms with Crippen molar-refractivity contribution in [3.8, 4) is 0 Å². The molecule has 6 nitrogen and oxygen atoms in total. The summed E-state index contributed by atoms with van der Waals surface area (Å²) >= 11 is 0. The minimum absolute atomic E-state index is 0.476. The number of carbonyl (C=O) groups is 1. The molecule has 0 aromatic heterocycles. The first kappa shape index (κ1) is 10.9. The van der Waals surface area contributed by atoms with Gasteiger partial charge < -0.3 is 16.9 Å². The van der Waals surface area contributed by atoms with E-state index in [1.54, 1.807) is 0 Å². The molecular formula is C6H15N5O. The number of amides is 1. The number of nitrogens with zero attached hydrogens (tertiary/aromatic N) is 1. The van der Waals surface area contributed by atoms with Crippen LogP contribution in [-0.2, 0) is 4.79 Å². The van der Waals surface area contributed by atoms with Crippen LogP contribution in [0.5, 0.6) is 0 Å². The maximum Gasteiger partial charge on any atom is 0.234 e. The van der Waals surface area contributed by atoms with E-state index in [4.69, 9.17) is 17.3 Å². The van der Waals surface area contributed by atoms with E-state index in [1.807, 2.05) is 0 Å². The Balaban J connectivity index is 3.31. The molecule has 0 aromatic rings. The van der Waals surface area contributed by atoms with E-state index in [0.29, 0.717) is 13.0 Å². The summed E-state index contributed by atoms with van der Waals surface area (Å²) in [7, 11) is 0. The van der Waals surface area contributed by atoms with Gasteiger partial charge in [0.05, 0.1) is 12.4 Å². The van der Waals surface area contributed by atoms with Gasteiger partial charge in [-0.3, -0.25) is 9.79 Å². The molecule has 70 valence electrons. The van der Waals surface area contributed by atoms with Gasteiger partial charge in [0.15, 0.2) is 0 Å². The van der Waals surface area contributed by atoms with Crippen molar-refractivity contribution >= 4 is 12.2 Å². The van der Waals surface area contributed by atoms with Crippen LogP contribution in [-0.4, -0.2) is 24.8 Å². The minimum Gasteiger partial charge on any atom is -0.368 e. The van der Waals surface area contributed by atoms with Gasteiger partial charge in [0.25, 0.3) is 0 Å². The second-order valence-electron chi connectivity index (χ2n) is 2.35. The van der Waals surface area contributed by atoms with Crippen molar-refractivity contribution in [2.75, 3.05) is 6.54 Å². The summed E-state index contributed by atoms with van der Waals surface area (Å²) < 4.78 is 0. The molecule has 0 saturated heterocycles. The standard InChI is InChI=1S/C6H15N5O/c7-5(6(8)12)2-1-3-10-4-11-9/h4-5H,1-3,7,9H2,(H2,8,12)(H,10,11)/t5-/m0/s1. The summed E-state index contributed by atoms with van der Waals surface area (Å²) in [6.45, 7) is 0.588. The fourth-order valence-corrected chi connectivity index (χ4v) is 0.662. The Hall–Kier alpha value is -1.14. The topological polar surface area (TPSA) is 120 Å². The van der Waals surface area contributed by atoms with Crippen LogP contribution in [0, 0.1) is 0 Å². The predicted octanol–water partition coefficient (Wildman–Crippen LogP) is -1.93. The SMILES string of the molecule is NNC=NCCC[C@H](N)C(N)=O. The summed E-state index contributed by atoms with van der Waals surface area (Å²) in [5, 5.41) is 0. The Morgan fingerprint density at radius 3 is 2.83 bits per heavy atom. The lowest BCUT2D eigenvalue weighted by Gasteiger charge is -2.04. The first-order chi connectivity index (χ1) is 5.68. The Bertz CT molecular complexity index is 158. The van der Waals surface area contributed by atoms with Gasteiger partial charge in [-0.25, -0.2) is 5.84 Å². The van der Waals surface area contributed by atoms with E-state index in [9.17, 15) is 4.79 Å². The lowest BCUT2D eigenvalue weighted by atomic mass is 10.1. The van der Waals surface area contributed by atoms with Crippen molar-refractivity contribution in [2.45, 2.75) is 18.9 Å². The van der Waals surface area contributed by atoms with Crippen LogP contribution in [0.1, 0.15) is 12.8 Å². The van der Waals surface area contributed by atoms with Crippen LogP contribution < -0.4 is 22.7 Å². The first-order valence-corrected chi connectivity index (χ1v) is 3.67. The van der Waals surface area contributed by atoms with E-state index < -0.39 is 11.9 Å². The molecule has 0 heterocycles. The predicted molar refractivity (Wildman–Crippen MR) is 47.1 cm³/mol. The average molecular weight is 173 g/mol. The van der Waals surface area contributed by atoms with Crippen molar-refractivity contribution in [3.63, 3.8) is 0 Å². The number of primary amides is 1. The number of aliphatic imine (C=N–C) groups is 1. The molecule has 7 N–H and O–H groups in total. The molecule has 0 aliphatic rings. The highest BCUT2D eigenvalue weighted by atomic mass is 16.1. The third-order valence-corrected chi connectivity index (χ3v) is 1.33. The normalized spacial score (nSPS) is 13.2. The molecular weight excluding hydrogens is 158 g/mol. The third-order valence-electron chi connectivity index (χ3n) is 1.33. The van der Waals surface area contributed by atoms with Crippen molar-refractivity contribution < 1.29 is 4.79 Å². The average Bonchev–Trinajstić information content (AvgIpc) is 2.03. The number of hydrazine groups is 1. The van der Waals surface area contributed by atoms with Gasteiger partial charge in [0.2, 0.25) is 5.91 Å². The largest absolute Gasteiger partial charge is 0.368 e. The van der Waals surface area contributed by atoms with E-state index in [0.717, 1.165) is 6.42 Å². The Morgan fingerprint density at radius 1 is 1.67 bits per heavy atom. The molecule has 0 saturated carbocycles. The van der Waals surface area contributed by atoms with Crippen LogP contribution in [0.25, 0.3) is 0 Å². The first-order valence-electron chi connectivity index (χ1n) is 3.67. The number of nitrogens with two attached hydrogens (primary N) is 3. The zero-order chi connectivity index (χ0) is 9.40. The van der Waals surface area contributed by atoms with Gasteiger partial charge >= 0.3 is 0 Å². The van der Waals surface area contributed by atoms with Crippen molar-refractivity contribution in [3.05, 3.63) is 0 Å². The smallest absolute Gasteiger partial charge is 0.234 e. The van der Waals surface area contributed by atoms with Crippen LogP contribution in [0.15, 0.2) is 4.99 Å². The van der Waals surface area contributed by atoms with Crippen LogP contribution >= 0.6 is 0 Å². The third kappa shape index (κ3) is 5.63. The maximum atomic E-state index is 10.4. The Labute approximate surface area is 71.2 Å². The molecule has 0 fully saturated rings. The molecule has 0 radical (unpaired) electrons. The molecule has 0 aliphatic carbocycles. The molecule has 0 rings (SSSR count). The second-order valence-corrected chi connectivity index (χ2v) is 2.35. The molecule has 0 bridgehead atoms. The maximum absolute atomic E-state index is 10.4. The fourth-order valence-electron chi connectivity index (χ4n) is 0.662. The highest BCUT2D eigenvalue weighted by Gasteiger charge is 2.06. The molecule has 0 unspecified atom stereocenters. The highest BCUT2D eigenvalue weighted by molar-refractivity contribution is 5.79. The van der Waals surface area contributed by atoms with Crippen molar-refractivity contribution in [2.24, 2.45) is 22.3 Å². The zero-order valence-corrected chi connectivity index (χ0v) is 6.86. The molecule has 1 amide bonds. The van der Waals surface area contributed by atoms with Crippen LogP contribution in [0.3, 0.4) is 0 Å². The molecule has 0 aromatic carbocycles. The van der Waals surface area contributed by atoms with Gasteiger partial charge in [-0.05, 0) is 12.8 Å². The van der Waals surface area contributed by atoms with Crippen LogP contribution in [0.4, 0.5) is 0 Å². The van der Waals surface area contributed by atoms with E-state index in [2.05, 4.69) is 10.4 Å². The molecule has 1 atom stereocenters. The van der Waals surface area contributed by atoms with E-state index in [1.165, 1.54) is 6.34 Å². The summed E-state index contributed by atoms with van der Waals surface area (Å²) in [5.41, 5.74) is 12.6. The van der Waals surface area contributed by atoms with E-state index in [-0.39, 0.29) is 0 Å². The lowest BCUT2D eigenvalue weighted by molar-refractivity contribution is -0.119. The van der Waals surface area contributed by atoms with Gasteiger partial charge in [-0.15, -0.1) is 0 Å². The summed E-state index contributed by atoms with van der Waals surface area (Å²) in [6.07, 6.45) is 2.66. The summed E-state index contributed by atoms with van der Waals surface area (Å²) in [5.74, 6) is 4.44. The minimum atomic E-state index is -0.564. The van der Waals surface area contributed by atoms with Crippen molar-refractivity contribution in [1.29, 1.82) is 0 Å². The lowest BCUT2D eigenvalue weighted by Crippen LogP contribution is -2.36. The molecule has 6 heteroatoms. The fraction of sp³-hybridized carbons (Fsp3) is 0.667. The molecule has 12 heavy (non-hydrogen) atoms. The van der Waals surface area contributed by atoms with Crippen LogP contribution in [0.2, 0.25) is 0 Å². The number of carbonyl (C=O) groups excluding carboxylic acids is 1. The van der Waals surface area contributed by atoms with Gasteiger partial charge in [-0.1, -0.05) is 0 Å². The van der Waals surface area contributed by atoms with Gasteiger partial charge in [0.1, 0.15) is 0 Å². The second kappa shape index (κ2) is 6.56. The summed E-state index contributed by atoms with van der Waals surface area (Å²) in [4.78, 5) is 14.3. The van der Waals surface area contributed by atoms with Gasteiger partial charge in [-0.2, -0.15) is 0 Å². The van der Waals surface area contributed by atoms with E-state index >= 15 is 0 Å². The number of hydrogen-bond acceptors (Lipinski definition) is 4. The Morgan fingerprint density at radius 2 is 2.33 bits per heavy atom. The number of rotatable bonds is 6. The number of nitrogens with one attached hydrogen (secondary N) is 1. The monoisotopic (exact) mass is 173 g/mol. The quantitative estimate of drug-likeness (QED) is 0.123. The number of hydrogen-bond donors (Lipinski definition) is 4. The molecule has 0 spiro atoms.